The van der Waals surface area contributed by atoms with Gasteiger partial charge < -0.3 is 8.92 Å². The summed E-state index contributed by atoms with van der Waals surface area (Å²) in [5.41, 5.74) is 0.870. The molecule has 4 rings (SSSR count). The number of hydrogen-bond acceptors (Lipinski definition) is 5. The van der Waals surface area contributed by atoms with E-state index in [2.05, 4.69) is 9.73 Å². The summed E-state index contributed by atoms with van der Waals surface area (Å²) in [6.45, 7) is 0. The van der Waals surface area contributed by atoms with Gasteiger partial charge in [0.2, 0.25) is 0 Å². The predicted octanol–water partition coefficient (Wildman–Crippen LogP) is 5.96. The van der Waals surface area contributed by atoms with Crippen LogP contribution in [0.4, 0.5) is 22.0 Å². The average Bonchev–Trinajstić information content (AvgIpc) is 3.23. The average molecular weight is 497 g/mol. The zero-order chi connectivity index (χ0) is 24.5. The molecule has 0 saturated heterocycles. The van der Waals surface area contributed by atoms with Gasteiger partial charge in [0.1, 0.15) is 28.0 Å². The summed E-state index contributed by atoms with van der Waals surface area (Å²) in [7, 11) is -4.31. The van der Waals surface area contributed by atoms with Gasteiger partial charge in [-0.15, -0.1) is 13.2 Å². The van der Waals surface area contributed by atoms with Crippen molar-refractivity contribution in [3.05, 3.63) is 89.5 Å². The van der Waals surface area contributed by atoms with Gasteiger partial charge in [0.05, 0.1) is 11.6 Å². The first-order chi connectivity index (χ1) is 16.0. The number of ether oxygens (including phenoxy) is 1. The van der Waals surface area contributed by atoms with Gasteiger partial charge in [-0.3, -0.25) is 4.99 Å². The Bertz CT molecular complexity index is 1300. The highest BCUT2D eigenvalue weighted by Gasteiger charge is 2.31. The normalized spacial score (nSPS) is 16.3. The van der Waals surface area contributed by atoms with Crippen molar-refractivity contribution in [1.82, 2.24) is 0 Å². The molecule has 0 saturated carbocycles. The van der Waals surface area contributed by atoms with Crippen LogP contribution in [-0.4, -0.2) is 20.5 Å². The molecule has 178 valence electrons. The van der Waals surface area contributed by atoms with Gasteiger partial charge in [-0.05, 0) is 66.9 Å². The number of hydrogen-bond donors (Lipinski definition) is 0. The lowest BCUT2D eigenvalue weighted by molar-refractivity contribution is -0.274. The van der Waals surface area contributed by atoms with Crippen LogP contribution in [0.2, 0.25) is 0 Å². The monoisotopic (exact) mass is 497 g/mol. The predicted molar refractivity (Wildman–Crippen MR) is 112 cm³/mol. The molecule has 11 heteroatoms. The van der Waals surface area contributed by atoms with Crippen LogP contribution in [0, 0.1) is 11.6 Å². The highest BCUT2D eigenvalue weighted by Crippen LogP contribution is 2.33. The van der Waals surface area contributed by atoms with Crippen molar-refractivity contribution in [2.24, 2.45) is 4.99 Å². The quantitative estimate of drug-likeness (QED) is 0.312. The lowest BCUT2D eigenvalue weighted by Gasteiger charge is -2.11. The Morgan fingerprint density at radius 3 is 2.03 bits per heavy atom. The van der Waals surface area contributed by atoms with Crippen LogP contribution in [-0.2, 0) is 10.1 Å². The summed E-state index contributed by atoms with van der Waals surface area (Å²) in [6.07, 6.45) is -4.00. The van der Waals surface area contributed by atoms with E-state index in [9.17, 15) is 30.4 Å². The molecule has 0 fully saturated rings. The van der Waals surface area contributed by atoms with E-state index in [-0.39, 0.29) is 22.3 Å². The Labute approximate surface area is 191 Å². The third kappa shape index (κ3) is 5.36. The number of halogens is 5. The maximum atomic E-state index is 14.0. The first kappa shape index (κ1) is 23.7. The molecular weight excluding hydrogens is 481 g/mol. The van der Waals surface area contributed by atoms with E-state index >= 15 is 0 Å². The van der Waals surface area contributed by atoms with Crippen molar-refractivity contribution in [3.8, 4) is 11.5 Å². The molecule has 34 heavy (non-hydrogen) atoms. The van der Waals surface area contributed by atoms with Gasteiger partial charge in [-0.25, -0.2) is 8.78 Å². The van der Waals surface area contributed by atoms with E-state index in [1.807, 2.05) is 0 Å². The lowest BCUT2D eigenvalue weighted by Crippen LogP contribution is -2.17. The third-order valence-electron chi connectivity index (χ3n) is 5.03. The van der Waals surface area contributed by atoms with Gasteiger partial charge in [-0.2, -0.15) is 8.42 Å². The van der Waals surface area contributed by atoms with Crippen LogP contribution in [0.1, 0.15) is 30.0 Å². The number of benzene rings is 3. The van der Waals surface area contributed by atoms with Crippen LogP contribution in [0.5, 0.6) is 11.5 Å². The van der Waals surface area contributed by atoms with Crippen LogP contribution in [0.25, 0.3) is 0 Å². The fourth-order valence-electron chi connectivity index (χ4n) is 3.52. The molecule has 0 radical (unpaired) electrons. The Morgan fingerprint density at radius 2 is 1.44 bits per heavy atom. The Hall–Kier alpha value is -3.47. The van der Waals surface area contributed by atoms with Crippen LogP contribution in [0.15, 0.2) is 76.6 Å². The van der Waals surface area contributed by atoms with Crippen LogP contribution < -0.4 is 8.92 Å². The van der Waals surface area contributed by atoms with Gasteiger partial charge >= 0.3 is 16.5 Å². The van der Waals surface area contributed by atoms with E-state index in [0.717, 1.165) is 36.4 Å². The van der Waals surface area contributed by atoms with Crippen LogP contribution in [0.3, 0.4) is 0 Å². The SMILES string of the molecule is O=S(=O)(Oc1ccc(C2CCC(c3c(F)cccc3F)=N2)cc1)c1ccc(OC(F)(F)F)cc1. The highest BCUT2D eigenvalue weighted by atomic mass is 32.2. The molecule has 0 spiro atoms. The fraction of sp³-hybridized carbons (Fsp3) is 0.174. The first-order valence-corrected chi connectivity index (χ1v) is 11.3. The molecule has 0 bridgehead atoms. The summed E-state index contributed by atoms with van der Waals surface area (Å²) >= 11 is 0. The molecule has 1 atom stereocenters. The second-order valence-corrected chi connectivity index (χ2v) is 8.90. The molecule has 0 amide bonds. The maximum Gasteiger partial charge on any atom is 0.573 e. The highest BCUT2D eigenvalue weighted by molar-refractivity contribution is 7.87. The Kier molecular flexibility index (Phi) is 6.30. The number of nitrogens with zero attached hydrogens (tertiary/aromatic N) is 1. The molecule has 1 unspecified atom stereocenters. The second-order valence-electron chi connectivity index (χ2n) is 7.35. The van der Waals surface area contributed by atoms with Crippen molar-refractivity contribution in [1.29, 1.82) is 0 Å². The molecule has 1 aliphatic heterocycles. The third-order valence-corrected chi connectivity index (χ3v) is 6.30. The van der Waals surface area contributed by atoms with Crippen molar-refractivity contribution < 1.29 is 39.3 Å². The number of alkyl halides is 3. The molecule has 0 N–H and O–H groups in total. The van der Waals surface area contributed by atoms with Gasteiger partial charge in [-0.1, -0.05) is 18.2 Å². The summed E-state index contributed by atoms with van der Waals surface area (Å²) < 4.78 is 98.4. The van der Waals surface area contributed by atoms with E-state index in [1.165, 1.54) is 18.2 Å². The smallest absolute Gasteiger partial charge is 0.406 e. The fourth-order valence-corrected chi connectivity index (χ4v) is 4.45. The van der Waals surface area contributed by atoms with Crippen molar-refractivity contribution >= 4 is 15.8 Å². The molecule has 0 aliphatic carbocycles. The Morgan fingerprint density at radius 1 is 0.853 bits per heavy atom. The maximum absolute atomic E-state index is 14.0. The summed E-state index contributed by atoms with van der Waals surface area (Å²) in [5.74, 6) is -1.97. The molecule has 3 aromatic carbocycles. The van der Waals surface area contributed by atoms with E-state index in [4.69, 9.17) is 4.18 Å². The largest absolute Gasteiger partial charge is 0.573 e. The molecule has 0 aromatic heterocycles. The van der Waals surface area contributed by atoms with E-state index in [1.54, 1.807) is 12.1 Å². The van der Waals surface area contributed by atoms with Crippen LogP contribution >= 0.6 is 0 Å². The molecule has 1 heterocycles. The molecule has 3 aromatic rings. The number of aliphatic imine (C=N–C) groups is 1. The zero-order valence-electron chi connectivity index (χ0n) is 17.2. The summed E-state index contributed by atoms with van der Waals surface area (Å²) in [5, 5.41) is 0. The van der Waals surface area contributed by atoms with E-state index < -0.39 is 33.9 Å². The van der Waals surface area contributed by atoms with Gasteiger partial charge in [0, 0.05) is 5.71 Å². The molecule has 5 nitrogen and oxygen atoms in total. The van der Waals surface area contributed by atoms with Gasteiger partial charge in [0.15, 0.2) is 0 Å². The Balaban J connectivity index is 1.46. The van der Waals surface area contributed by atoms with Crippen molar-refractivity contribution in [2.45, 2.75) is 30.1 Å². The van der Waals surface area contributed by atoms with Gasteiger partial charge in [0.25, 0.3) is 0 Å². The molecule has 1 aliphatic rings. The first-order valence-electron chi connectivity index (χ1n) is 9.93. The minimum absolute atomic E-state index is 0.0262. The molecular formula is C23H16F5NO4S. The second kappa shape index (κ2) is 9.05. The minimum atomic E-state index is -4.90. The minimum Gasteiger partial charge on any atom is -0.406 e. The summed E-state index contributed by atoms with van der Waals surface area (Å²) in [6, 6.07) is 12.8. The number of rotatable bonds is 6. The standard InChI is InChI=1S/C23H16F5NO4S/c24-18-2-1-3-19(25)22(18)21-13-12-20(29-21)14-4-6-16(7-5-14)33-34(30,31)17-10-8-15(9-11-17)32-23(26,27)28/h1-11,20H,12-13H2. The lowest BCUT2D eigenvalue weighted by atomic mass is 10.0. The van der Waals surface area contributed by atoms with Crippen molar-refractivity contribution in [3.63, 3.8) is 0 Å². The van der Waals surface area contributed by atoms with E-state index in [0.29, 0.717) is 24.1 Å². The topological polar surface area (TPSA) is 65.0 Å². The van der Waals surface area contributed by atoms with Crippen molar-refractivity contribution in [2.75, 3.05) is 0 Å². The zero-order valence-corrected chi connectivity index (χ0v) is 18.0. The summed E-state index contributed by atoms with van der Waals surface area (Å²) in [4.78, 5) is 4.06.